The van der Waals surface area contributed by atoms with Gasteiger partial charge >= 0.3 is 0 Å². The van der Waals surface area contributed by atoms with Crippen LogP contribution in [0, 0.1) is 24.2 Å². The van der Waals surface area contributed by atoms with Crippen molar-refractivity contribution in [2.24, 2.45) is 22.4 Å². The number of aryl methyl sites for hydroxylation is 1. The van der Waals surface area contributed by atoms with Crippen LogP contribution in [0.2, 0.25) is 0 Å². The Kier molecular flexibility index (Phi) is 5.55. The number of hydrogen-bond donors (Lipinski definition) is 2. The van der Waals surface area contributed by atoms with Gasteiger partial charge in [-0.3, -0.25) is 14.4 Å². The molecule has 1 saturated carbocycles. The summed E-state index contributed by atoms with van der Waals surface area (Å²) in [5.74, 6) is -2.71. The summed E-state index contributed by atoms with van der Waals surface area (Å²) >= 11 is 0. The van der Waals surface area contributed by atoms with Crippen molar-refractivity contribution in [1.82, 2.24) is 0 Å². The Hall–Kier alpha value is -3.22. The number of rotatable bonds is 4. The molecule has 0 amide bonds. The van der Waals surface area contributed by atoms with Crippen molar-refractivity contribution in [3.63, 3.8) is 0 Å². The van der Waals surface area contributed by atoms with Crippen LogP contribution in [0.15, 0.2) is 34.2 Å². The summed E-state index contributed by atoms with van der Waals surface area (Å²) in [7, 11) is 0. The number of oxime groups is 1. The second-order valence-electron chi connectivity index (χ2n) is 9.41. The van der Waals surface area contributed by atoms with Crippen LogP contribution in [0.5, 0.6) is 0 Å². The lowest BCUT2D eigenvalue weighted by molar-refractivity contribution is -0.134. The number of fused-ring (bicyclic) bond motifs is 3. The molecule has 3 aliphatic rings. The van der Waals surface area contributed by atoms with Crippen LogP contribution < -0.4 is 0 Å². The average molecular weight is 452 g/mol. The Morgan fingerprint density at radius 2 is 1.91 bits per heavy atom. The van der Waals surface area contributed by atoms with E-state index in [1.807, 2.05) is 32.9 Å². The van der Waals surface area contributed by atoms with Crippen LogP contribution >= 0.6 is 0 Å². The molecule has 0 bridgehead atoms. The summed E-state index contributed by atoms with van der Waals surface area (Å²) in [5.41, 5.74) is 2.40. The number of Topliss-reactive ketones (excluding diaryl/α,β-unsaturated/α-hetero) is 3. The number of nitrogens with zero attached hydrogens (tertiary/aromatic N) is 1. The van der Waals surface area contributed by atoms with Crippen molar-refractivity contribution in [2.45, 2.75) is 53.9 Å². The molecule has 7 nitrogen and oxygen atoms in total. The quantitative estimate of drug-likeness (QED) is 0.404. The van der Waals surface area contributed by atoms with Crippen molar-refractivity contribution < 1.29 is 29.4 Å². The third-order valence-electron chi connectivity index (χ3n) is 7.49. The van der Waals surface area contributed by atoms with Gasteiger partial charge in [0.15, 0.2) is 17.3 Å². The Morgan fingerprint density at radius 3 is 2.55 bits per heavy atom. The third-order valence-corrected chi connectivity index (χ3v) is 7.49. The van der Waals surface area contributed by atoms with E-state index < -0.39 is 34.4 Å². The second-order valence-corrected chi connectivity index (χ2v) is 9.41. The van der Waals surface area contributed by atoms with Gasteiger partial charge in [0.1, 0.15) is 18.1 Å². The Balaban J connectivity index is 1.91. The van der Waals surface area contributed by atoms with Gasteiger partial charge in [-0.05, 0) is 70.4 Å². The number of carbonyl (C=O) groups is 3. The van der Waals surface area contributed by atoms with E-state index in [0.717, 1.165) is 16.7 Å². The molecule has 1 aromatic carbocycles. The highest BCUT2D eigenvalue weighted by molar-refractivity contribution is 6.22. The predicted molar refractivity (Wildman–Crippen MR) is 123 cm³/mol. The summed E-state index contributed by atoms with van der Waals surface area (Å²) in [6.07, 6.45) is 0.961. The van der Waals surface area contributed by atoms with Crippen LogP contribution in [-0.2, 0) is 25.6 Å². The van der Waals surface area contributed by atoms with Crippen LogP contribution in [0.25, 0.3) is 5.76 Å². The molecule has 33 heavy (non-hydrogen) atoms. The molecular weight excluding hydrogens is 422 g/mol. The first-order valence-electron chi connectivity index (χ1n) is 11.3. The smallest absolute Gasteiger partial charge is 0.176 e. The molecule has 1 aromatic rings. The van der Waals surface area contributed by atoms with E-state index in [4.69, 9.17) is 4.84 Å². The normalized spacial score (nSPS) is 27.2. The van der Waals surface area contributed by atoms with Crippen molar-refractivity contribution in [1.29, 1.82) is 0 Å². The maximum Gasteiger partial charge on any atom is 0.176 e. The van der Waals surface area contributed by atoms with E-state index in [0.29, 0.717) is 30.7 Å². The zero-order valence-electron chi connectivity index (χ0n) is 19.6. The van der Waals surface area contributed by atoms with Gasteiger partial charge < -0.3 is 15.1 Å². The molecule has 0 heterocycles. The maximum atomic E-state index is 13.8. The minimum absolute atomic E-state index is 0.0180. The topological polar surface area (TPSA) is 113 Å². The second kappa shape index (κ2) is 7.97. The van der Waals surface area contributed by atoms with E-state index in [9.17, 15) is 24.6 Å². The van der Waals surface area contributed by atoms with E-state index in [2.05, 4.69) is 5.16 Å². The molecule has 2 N–H and O–H groups in total. The molecule has 3 atom stereocenters. The van der Waals surface area contributed by atoms with Gasteiger partial charge in [0.05, 0.1) is 16.7 Å². The number of ketones is 3. The Bertz CT molecular complexity index is 1190. The van der Waals surface area contributed by atoms with Gasteiger partial charge in [-0.15, -0.1) is 0 Å². The van der Waals surface area contributed by atoms with Gasteiger partial charge in [0.25, 0.3) is 0 Å². The average Bonchev–Trinajstić information content (AvgIpc) is 2.74. The van der Waals surface area contributed by atoms with Crippen molar-refractivity contribution in [3.05, 3.63) is 51.3 Å². The van der Waals surface area contributed by atoms with E-state index in [1.165, 1.54) is 6.92 Å². The van der Waals surface area contributed by atoms with Gasteiger partial charge in [-0.1, -0.05) is 17.3 Å². The maximum absolute atomic E-state index is 13.8. The molecular formula is C26H29NO6. The molecule has 174 valence electrons. The van der Waals surface area contributed by atoms with Crippen molar-refractivity contribution >= 4 is 28.8 Å². The van der Waals surface area contributed by atoms with Gasteiger partial charge in [-0.25, -0.2) is 0 Å². The number of carbonyl (C=O) groups excluding carboxylic acids is 3. The lowest BCUT2D eigenvalue weighted by Gasteiger charge is -2.47. The molecule has 0 aliphatic heterocycles. The third kappa shape index (κ3) is 3.24. The van der Waals surface area contributed by atoms with Crippen molar-refractivity contribution in [2.75, 3.05) is 6.61 Å². The van der Waals surface area contributed by atoms with E-state index in [1.54, 1.807) is 6.92 Å². The number of benzene rings is 1. The lowest BCUT2D eigenvalue weighted by atomic mass is 9.54. The molecule has 0 aromatic heterocycles. The van der Waals surface area contributed by atoms with Crippen molar-refractivity contribution in [3.8, 4) is 0 Å². The highest BCUT2D eigenvalue weighted by atomic mass is 16.6. The molecule has 0 radical (unpaired) electrons. The van der Waals surface area contributed by atoms with Crippen LogP contribution in [0.4, 0.5) is 0 Å². The molecule has 7 heteroatoms. The van der Waals surface area contributed by atoms with Crippen LogP contribution in [0.1, 0.15) is 62.8 Å². The fourth-order valence-electron chi connectivity index (χ4n) is 5.74. The fourth-order valence-corrected chi connectivity index (χ4v) is 5.74. The number of aliphatic hydroxyl groups excluding tert-OH is 2. The van der Waals surface area contributed by atoms with Gasteiger partial charge in [-0.2, -0.15) is 0 Å². The Morgan fingerprint density at radius 1 is 1.21 bits per heavy atom. The lowest BCUT2D eigenvalue weighted by Crippen LogP contribution is -2.51. The Labute approximate surface area is 192 Å². The van der Waals surface area contributed by atoms with Crippen LogP contribution in [0.3, 0.4) is 0 Å². The monoisotopic (exact) mass is 451 g/mol. The number of hydrogen-bond acceptors (Lipinski definition) is 7. The summed E-state index contributed by atoms with van der Waals surface area (Å²) in [5, 5.41) is 26.5. The predicted octanol–water partition coefficient (Wildman–Crippen LogP) is 4.17. The first-order valence-corrected chi connectivity index (χ1v) is 11.3. The standard InChI is InChI=1S/C26H29NO6/c1-6-33-27-13(3)17-8-7-12(2)20-18(17)10-15-9-16-11-19(29)21(14(4)28)24(31)26(16,5)25(32)22(15)23(20)30/h7-8,15-16,30-31H,6,9-11H2,1-5H3/b27-13+/t15-,16+,26+/m1/s1. The minimum Gasteiger partial charge on any atom is -0.510 e. The molecule has 3 aliphatic carbocycles. The first kappa shape index (κ1) is 23.0. The highest BCUT2D eigenvalue weighted by Crippen LogP contribution is 2.55. The molecule has 1 fully saturated rings. The molecule has 0 spiro atoms. The summed E-state index contributed by atoms with van der Waals surface area (Å²) in [6.45, 7) is 8.79. The minimum atomic E-state index is -1.41. The first-order chi connectivity index (χ1) is 15.5. The molecule has 0 unspecified atom stereocenters. The van der Waals surface area contributed by atoms with Gasteiger partial charge in [0, 0.05) is 23.1 Å². The van der Waals surface area contributed by atoms with E-state index >= 15 is 0 Å². The summed E-state index contributed by atoms with van der Waals surface area (Å²) in [6, 6.07) is 3.81. The summed E-state index contributed by atoms with van der Waals surface area (Å²) < 4.78 is 0. The molecule has 0 saturated heterocycles. The molecule has 4 rings (SSSR count). The SMILES string of the molecule is CCO/N=C(\C)c1ccc(C)c2c1C[C@H]1C[C@H]3CC(=O)C(C(C)=O)=C(O)[C@@]3(C)C(=O)C1=C2O. The van der Waals surface area contributed by atoms with Crippen LogP contribution in [-0.4, -0.2) is 39.9 Å². The number of allylic oxidation sites excluding steroid dienone is 3. The largest absolute Gasteiger partial charge is 0.510 e. The summed E-state index contributed by atoms with van der Waals surface area (Å²) in [4.78, 5) is 43.7. The highest BCUT2D eigenvalue weighted by Gasteiger charge is 2.58. The van der Waals surface area contributed by atoms with Gasteiger partial charge in [0.2, 0.25) is 0 Å². The fraction of sp³-hybridized carbons (Fsp3) is 0.462. The zero-order valence-corrected chi connectivity index (χ0v) is 19.6. The number of aliphatic hydroxyl groups is 2. The zero-order chi connectivity index (χ0) is 24.2. The van der Waals surface area contributed by atoms with E-state index in [-0.39, 0.29) is 29.2 Å².